The second kappa shape index (κ2) is 3.08. The average Bonchev–Trinajstić information content (AvgIpc) is 2.50. The van der Waals surface area contributed by atoms with Gasteiger partial charge in [-0.1, -0.05) is 0 Å². The molecule has 0 amide bonds. The molecule has 0 aliphatic heterocycles. The van der Waals surface area contributed by atoms with Crippen LogP contribution in [0.3, 0.4) is 0 Å². The van der Waals surface area contributed by atoms with E-state index in [1.165, 1.54) is 11.8 Å². The van der Waals surface area contributed by atoms with Crippen LogP contribution in [0.15, 0.2) is 4.79 Å². The molecule has 2 rings (SSSR count). The van der Waals surface area contributed by atoms with Gasteiger partial charge in [-0.2, -0.15) is 5.10 Å². The number of methoxy groups -OCH3 is 1. The van der Waals surface area contributed by atoms with Crippen molar-refractivity contribution in [2.75, 3.05) is 7.11 Å². The van der Waals surface area contributed by atoms with Crippen molar-refractivity contribution >= 4 is 10.9 Å². The number of nitrogens with zero attached hydrogens (tertiary/aromatic N) is 4. The van der Waals surface area contributed by atoms with E-state index >= 15 is 0 Å². The minimum atomic E-state index is -0.213. The third-order valence-electron chi connectivity index (χ3n) is 2.48. The number of ether oxygens (including phenoxy) is 1. The summed E-state index contributed by atoms with van der Waals surface area (Å²) in [6.45, 7) is 1.87. The predicted octanol–water partition coefficient (Wildman–Crippen LogP) is -0.0160. The lowest BCUT2D eigenvalue weighted by Crippen LogP contribution is -2.20. The molecule has 15 heavy (non-hydrogen) atoms. The minimum Gasteiger partial charge on any atom is -0.479 e. The summed E-state index contributed by atoms with van der Waals surface area (Å²) in [5, 5.41) is 8.85. The highest BCUT2D eigenvalue weighted by Gasteiger charge is 2.16. The zero-order valence-electron chi connectivity index (χ0n) is 9.11. The van der Waals surface area contributed by atoms with Crippen molar-refractivity contribution in [2.24, 2.45) is 14.1 Å². The van der Waals surface area contributed by atoms with Gasteiger partial charge >= 0.3 is 0 Å². The summed E-state index contributed by atoms with van der Waals surface area (Å²) in [6.07, 6.45) is 0. The van der Waals surface area contributed by atoms with Gasteiger partial charge in [0.1, 0.15) is 0 Å². The Kier molecular flexibility index (Phi) is 1.99. The number of fused-ring (bicyclic) bond motifs is 1. The Morgan fingerprint density at radius 2 is 1.87 bits per heavy atom. The van der Waals surface area contributed by atoms with Gasteiger partial charge in [-0.05, 0) is 6.92 Å². The van der Waals surface area contributed by atoms with E-state index in [-0.39, 0.29) is 5.56 Å². The van der Waals surface area contributed by atoms with Gasteiger partial charge in [-0.3, -0.25) is 9.48 Å². The Morgan fingerprint density at radius 3 is 2.47 bits per heavy atom. The Hall–Kier alpha value is -1.85. The van der Waals surface area contributed by atoms with E-state index < -0.39 is 0 Å². The van der Waals surface area contributed by atoms with Crippen molar-refractivity contribution in [3.05, 3.63) is 16.0 Å². The molecule has 2 heterocycles. The molecule has 0 bridgehead atoms. The molecule has 80 valence electrons. The van der Waals surface area contributed by atoms with Gasteiger partial charge in [-0.25, -0.2) is 4.68 Å². The molecular formula is C9H12N4O2. The molecule has 0 fully saturated rings. The molecule has 2 aromatic heterocycles. The molecule has 0 unspecified atom stereocenters. The van der Waals surface area contributed by atoms with Crippen molar-refractivity contribution in [1.29, 1.82) is 0 Å². The van der Waals surface area contributed by atoms with Crippen LogP contribution in [0.25, 0.3) is 10.9 Å². The van der Waals surface area contributed by atoms with Crippen molar-refractivity contribution in [2.45, 2.75) is 6.92 Å². The highest BCUT2D eigenvalue weighted by molar-refractivity contribution is 5.85. The van der Waals surface area contributed by atoms with Crippen molar-refractivity contribution in [3.63, 3.8) is 0 Å². The van der Waals surface area contributed by atoms with Gasteiger partial charge in [0.2, 0.25) is 5.88 Å². The molecule has 0 aromatic carbocycles. The van der Waals surface area contributed by atoms with E-state index in [1.807, 2.05) is 6.92 Å². The number of rotatable bonds is 1. The van der Waals surface area contributed by atoms with E-state index in [1.54, 1.807) is 18.8 Å². The quantitative estimate of drug-likeness (QED) is 0.661. The summed E-state index contributed by atoms with van der Waals surface area (Å²) in [6, 6.07) is 0. The fourth-order valence-corrected chi connectivity index (χ4v) is 1.54. The Bertz CT molecular complexity index is 582. The standard InChI is InChI=1S/C9H12N4O2/c1-5-6-7(10-12(5)2)9(14)13(3)11-8(6)15-4/h1-4H3. The number of hydrogen-bond acceptors (Lipinski definition) is 4. The van der Waals surface area contributed by atoms with E-state index in [0.29, 0.717) is 16.8 Å². The molecule has 0 N–H and O–H groups in total. The van der Waals surface area contributed by atoms with Crippen LogP contribution in [-0.4, -0.2) is 26.7 Å². The SMILES string of the molecule is COc1nn(C)c(=O)c2nn(C)c(C)c12. The Balaban J connectivity index is 3.03. The third-order valence-corrected chi connectivity index (χ3v) is 2.48. The van der Waals surface area contributed by atoms with Crippen LogP contribution in [-0.2, 0) is 14.1 Å². The van der Waals surface area contributed by atoms with Crippen molar-refractivity contribution in [1.82, 2.24) is 19.6 Å². The maximum atomic E-state index is 11.7. The lowest BCUT2D eigenvalue weighted by molar-refractivity contribution is 0.388. The first kappa shape index (κ1) is 9.70. The summed E-state index contributed by atoms with van der Waals surface area (Å²) in [5.41, 5.74) is 1.05. The normalized spacial score (nSPS) is 10.9. The molecule has 0 atom stereocenters. The topological polar surface area (TPSA) is 61.9 Å². The largest absolute Gasteiger partial charge is 0.479 e. The van der Waals surface area contributed by atoms with Gasteiger partial charge in [0.15, 0.2) is 5.52 Å². The second-order valence-corrected chi connectivity index (χ2v) is 3.37. The molecule has 0 saturated carbocycles. The van der Waals surface area contributed by atoms with Gasteiger partial charge in [0, 0.05) is 19.8 Å². The minimum absolute atomic E-state index is 0.213. The lowest BCUT2D eigenvalue weighted by Gasteiger charge is -2.02. The molecule has 0 aliphatic rings. The van der Waals surface area contributed by atoms with Gasteiger partial charge in [0.05, 0.1) is 12.5 Å². The van der Waals surface area contributed by atoms with E-state index in [4.69, 9.17) is 4.74 Å². The summed E-state index contributed by atoms with van der Waals surface area (Å²) in [5.74, 6) is 0.428. The fourth-order valence-electron chi connectivity index (χ4n) is 1.54. The molecule has 0 saturated heterocycles. The van der Waals surface area contributed by atoms with Crippen LogP contribution in [0.4, 0.5) is 0 Å². The van der Waals surface area contributed by atoms with E-state index in [2.05, 4.69) is 10.2 Å². The maximum absolute atomic E-state index is 11.7. The van der Waals surface area contributed by atoms with Crippen LogP contribution in [0.2, 0.25) is 0 Å². The molecule has 6 nitrogen and oxygen atoms in total. The zero-order chi connectivity index (χ0) is 11.2. The van der Waals surface area contributed by atoms with Crippen molar-refractivity contribution < 1.29 is 4.74 Å². The van der Waals surface area contributed by atoms with Crippen molar-refractivity contribution in [3.8, 4) is 5.88 Å². The number of hydrogen-bond donors (Lipinski definition) is 0. The summed E-state index contributed by atoms with van der Waals surface area (Å²) < 4.78 is 8.01. The average molecular weight is 208 g/mol. The van der Waals surface area contributed by atoms with Gasteiger partial charge in [0.25, 0.3) is 5.56 Å². The van der Waals surface area contributed by atoms with E-state index in [9.17, 15) is 4.79 Å². The summed E-state index contributed by atoms with van der Waals surface area (Å²) in [7, 11) is 4.89. The highest BCUT2D eigenvalue weighted by Crippen LogP contribution is 2.22. The fraction of sp³-hybridized carbons (Fsp3) is 0.444. The predicted molar refractivity (Wildman–Crippen MR) is 55.0 cm³/mol. The molecule has 6 heteroatoms. The second-order valence-electron chi connectivity index (χ2n) is 3.37. The number of aryl methyl sites for hydroxylation is 3. The van der Waals surface area contributed by atoms with Crippen LogP contribution in [0.5, 0.6) is 5.88 Å². The zero-order valence-corrected chi connectivity index (χ0v) is 9.11. The van der Waals surface area contributed by atoms with Crippen LogP contribution < -0.4 is 10.3 Å². The van der Waals surface area contributed by atoms with Crippen LogP contribution in [0, 0.1) is 6.92 Å². The monoisotopic (exact) mass is 208 g/mol. The highest BCUT2D eigenvalue weighted by atomic mass is 16.5. The molecule has 0 spiro atoms. The Labute approximate surface area is 86.1 Å². The lowest BCUT2D eigenvalue weighted by atomic mass is 10.3. The number of aromatic nitrogens is 4. The maximum Gasteiger partial charge on any atom is 0.295 e. The third kappa shape index (κ3) is 1.21. The first-order valence-electron chi connectivity index (χ1n) is 4.51. The molecule has 0 aliphatic carbocycles. The first-order valence-corrected chi connectivity index (χ1v) is 4.51. The van der Waals surface area contributed by atoms with Gasteiger partial charge < -0.3 is 4.74 Å². The molecular weight excluding hydrogens is 196 g/mol. The van der Waals surface area contributed by atoms with Crippen LogP contribution >= 0.6 is 0 Å². The smallest absolute Gasteiger partial charge is 0.295 e. The summed E-state index contributed by atoms with van der Waals surface area (Å²) >= 11 is 0. The van der Waals surface area contributed by atoms with Crippen LogP contribution in [0.1, 0.15) is 5.69 Å². The summed E-state index contributed by atoms with van der Waals surface area (Å²) in [4.78, 5) is 11.7. The van der Waals surface area contributed by atoms with E-state index in [0.717, 1.165) is 5.69 Å². The van der Waals surface area contributed by atoms with Gasteiger partial charge in [-0.15, -0.1) is 5.10 Å². The Morgan fingerprint density at radius 1 is 1.20 bits per heavy atom. The molecule has 2 aromatic rings. The molecule has 0 radical (unpaired) electrons. The first-order chi connectivity index (χ1) is 7.06.